The van der Waals surface area contributed by atoms with E-state index in [1.54, 1.807) is 12.1 Å². The molecule has 1 aliphatic rings. The smallest absolute Gasteiger partial charge is 0.150 e. The van der Waals surface area contributed by atoms with Crippen molar-refractivity contribution in [2.24, 2.45) is 10.9 Å². The van der Waals surface area contributed by atoms with Gasteiger partial charge in [0.15, 0.2) is 5.82 Å². The second-order valence-corrected chi connectivity index (χ2v) is 9.18. The van der Waals surface area contributed by atoms with Crippen LogP contribution < -0.4 is 0 Å². The fourth-order valence-corrected chi connectivity index (χ4v) is 4.68. The Morgan fingerprint density at radius 2 is 1.54 bits per heavy atom. The summed E-state index contributed by atoms with van der Waals surface area (Å²) in [6, 6.07) is 17.4. The van der Waals surface area contributed by atoms with Gasteiger partial charge in [-0.3, -0.25) is 0 Å². The van der Waals surface area contributed by atoms with Crippen LogP contribution >= 0.6 is 12.2 Å². The van der Waals surface area contributed by atoms with E-state index in [1.165, 1.54) is 49.3 Å². The first-order valence-corrected chi connectivity index (χ1v) is 12.7. The number of unbranched alkanes of at least 4 members (excludes halogenated alkanes) is 1. The summed E-state index contributed by atoms with van der Waals surface area (Å²) in [5.74, 6) is 13.2. The van der Waals surface area contributed by atoms with Crippen molar-refractivity contribution < 1.29 is 4.39 Å². The molecule has 0 N–H and O–H groups in total. The van der Waals surface area contributed by atoms with E-state index in [0.717, 1.165) is 34.6 Å². The van der Waals surface area contributed by atoms with Crippen LogP contribution in [0.4, 0.5) is 10.1 Å². The van der Waals surface area contributed by atoms with Crippen LogP contribution in [0.3, 0.4) is 0 Å². The van der Waals surface area contributed by atoms with Crippen molar-refractivity contribution in [2.45, 2.75) is 52.4 Å². The fraction of sp³-hybridized carbons (Fsp3) is 0.281. The SMILES string of the molecule is CCCCC1Cc2ccc(C#Cc3ccc(C#Cc4ccc(N=C=S)c(F)c4)cc3CC)cc2C1. The number of thiocarbonyl (C=S) groups is 1. The Hall–Kier alpha value is -3.49. The van der Waals surface area contributed by atoms with Gasteiger partial charge in [-0.25, -0.2) is 4.39 Å². The molecule has 174 valence electrons. The molecular weight excluding hydrogens is 449 g/mol. The number of rotatable bonds is 5. The normalized spacial score (nSPS) is 13.6. The van der Waals surface area contributed by atoms with Crippen molar-refractivity contribution in [3.63, 3.8) is 0 Å². The standard InChI is InChI=1S/C32H28FNS/c1-3-5-6-26-19-29-15-11-24(18-30(29)20-26)10-14-28-13-9-23(17-27(28)4-2)7-8-25-12-16-32(34-22-35)31(33)21-25/h9,11-13,15-18,21,26H,3-6,19-20H2,1-2H3. The number of aryl methyl sites for hydroxylation is 1. The van der Waals surface area contributed by atoms with Gasteiger partial charge >= 0.3 is 0 Å². The minimum atomic E-state index is -0.461. The second kappa shape index (κ2) is 11.8. The van der Waals surface area contributed by atoms with Gasteiger partial charge in [-0.05, 0) is 109 Å². The largest absolute Gasteiger partial charge is 0.205 e. The molecular formula is C32H28FNS. The van der Waals surface area contributed by atoms with Crippen LogP contribution in [-0.2, 0) is 19.3 Å². The molecule has 3 heteroatoms. The molecule has 0 spiro atoms. The summed E-state index contributed by atoms with van der Waals surface area (Å²) in [5, 5.41) is 2.18. The maximum absolute atomic E-state index is 14.0. The average Bonchev–Trinajstić information content (AvgIpc) is 3.29. The van der Waals surface area contributed by atoms with E-state index < -0.39 is 5.82 Å². The molecule has 0 radical (unpaired) electrons. The monoisotopic (exact) mass is 477 g/mol. The third-order valence-electron chi connectivity index (χ3n) is 6.48. The number of hydrogen-bond donors (Lipinski definition) is 0. The van der Waals surface area contributed by atoms with Gasteiger partial charge < -0.3 is 0 Å². The Kier molecular flexibility index (Phi) is 8.28. The predicted molar refractivity (Wildman–Crippen MR) is 146 cm³/mol. The van der Waals surface area contributed by atoms with Crippen molar-refractivity contribution in [1.29, 1.82) is 0 Å². The zero-order valence-corrected chi connectivity index (χ0v) is 21.1. The molecule has 4 rings (SSSR count). The summed E-state index contributed by atoms with van der Waals surface area (Å²) >= 11 is 4.54. The molecule has 0 amide bonds. The minimum absolute atomic E-state index is 0.168. The van der Waals surface area contributed by atoms with E-state index in [9.17, 15) is 4.39 Å². The molecule has 0 saturated carbocycles. The summed E-state index contributed by atoms with van der Waals surface area (Å²) in [5.41, 5.74) is 7.85. The van der Waals surface area contributed by atoms with E-state index in [0.29, 0.717) is 5.56 Å². The lowest BCUT2D eigenvalue weighted by Gasteiger charge is -2.06. The highest BCUT2D eigenvalue weighted by atomic mass is 32.1. The van der Waals surface area contributed by atoms with Gasteiger partial charge in [-0.15, -0.1) is 0 Å². The summed E-state index contributed by atoms with van der Waals surface area (Å²) in [4.78, 5) is 3.70. The van der Waals surface area contributed by atoms with Gasteiger partial charge in [0, 0.05) is 22.3 Å². The van der Waals surface area contributed by atoms with Crippen LogP contribution in [0.15, 0.2) is 59.6 Å². The summed E-state index contributed by atoms with van der Waals surface area (Å²) in [6.07, 6.45) is 7.17. The van der Waals surface area contributed by atoms with Crippen LogP contribution in [0.25, 0.3) is 0 Å². The highest BCUT2D eigenvalue weighted by Crippen LogP contribution is 2.30. The number of halogens is 1. The number of aliphatic imine (C=N–C) groups is 1. The van der Waals surface area contributed by atoms with Gasteiger partial charge in [-0.2, -0.15) is 4.99 Å². The molecule has 0 fully saturated rings. The molecule has 0 saturated heterocycles. The van der Waals surface area contributed by atoms with Gasteiger partial charge in [0.2, 0.25) is 0 Å². The Labute approximate surface area is 213 Å². The minimum Gasteiger partial charge on any atom is -0.205 e. The van der Waals surface area contributed by atoms with Crippen molar-refractivity contribution in [3.8, 4) is 23.7 Å². The fourth-order valence-electron chi connectivity index (χ4n) is 4.58. The third kappa shape index (κ3) is 6.35. The van der Waals surface area contributed by atoms with E-state index in [-0.39, 0.29) is 5.69 Å². The average molecular weight is 478 g/mol. The van der Waals surface area contributed by atoms with E-state index >= 15 is 0 Å². The molecule has 1 nitrogen and oxygen atoms in total. The molecule has 3 aromatic rings. The van der Waals surface area contributed by atoms with Gasteiger partial charge in [0.25, 0.3) is 0 Å². The van der Waals surface area contributed by atoms with E-state index in [4.69, 9.17) is 0 Å². The lowest BCUT2D eigenvalue weighted by molar-refractivity contribution is 0.489. The molecule has 3 aromatic carbocycles. The summed E-state index contributed by atoms with van der Waals surface area (Å²) in [6.45, 7) is 4.38. The van der Waals surface area contributed by atoms with Crippen molar-refractivity contribution in [1.82, 2.24) is 0 Å². The Balaban J connectivity index is 1.50. The first-order valence-electron chi connectivity index (χ1n) is 12.3. The van der Waals surface area contributed by atoms with Gasteiger partial charge in [0.05, 0.1) is 5.16 Å². The van der Waals surface area contributed by atoms with E-state index in [1.807, 2.05) is 12.1 Å². The zero-order valence-electron chi connectivity index (χ0n) is 20.2. The maximum atomic E-state index is 14.0. The molecule has 1 unspecified atom stereocenters. The van der Waals surface area contributed by atoms with Crippen LogP contribution in [-0.4, -0.2) is 5.16 Å². The first-order chi connectivity index (χ1) is 17.1. The molecule has 1 aliphatic carbocycles. The number of nitrogens with zero attached hydrogens (tertiary/aromatic N) is 1. The number of fused-ring (bicyclic) bond motifs is 1. The predicted octanol–water partition coefficient (Wildman–Crippen LogP) is 7.83. The van der Waals surface area contributed by atoms with Crippen molar-refractivity contribution in [2.75, 3.05) is 0 Å². The number of isothiocyanates is 1. The van der Waals surface area contributed by atoms with Crippen LogP contribution in [0, 0.1) is 35.4 Å². The molecule has 0 aliphatic heterocycles. The van der Waals surface area contributed by atoms with Crippen molar-refractivity contribution >= 4 is 23.1 Å². The van der Waals surface area contributed by atoms with Crippen LogP contribution in [0.5, 0.6) is 0 Å². The number of benzene rings is 3. The zero-order chi connectivity index (χ0) is 24.6. The topological polar surface area (TPSA) is 12.4 Å². The van der Waals surface area contributed by atoms with Gasteiger partial charge in [-0.1, -0.05) is 56.4 Å². The quantitative estimate of drug-likeness (QED) is 0.207. The Bertz CT molecular complexity index is 1410. The Morgan fingerprint density at radius 3 is 2.29 bits per heavy atom. The third-order valence-corrected chi connectivity index (χ3v) is 6.57. The summed E-state index contributed by atoms with van der Waals surface area (Å²) in [7, 11) is 0. The molecule has 0 aromatic heterocycles. The van der Waals surface area contributed by atoms with Crippen LogP contribution in [0.2, 0.25) is 0 Å². The Morgan fingerprint density at radius 1 is 0.857 bits per heavy atom. The molecule has 35 heavy (non-hydrogen) atoms. The number of hydrogen-bond acceptors (Lipinski definition) is 2. The highest BCUT2D eigenvalue weighted by molar-refractivity contribution is 7.78. The lowest BCUT2D eigenvalue weighted by Crippen LogP contribution is -1.98. The van der Waals surface area contributed by atoms with E-state index in [2.05, 4.69) is 84.2 Å². The first kappa shape index (κ1) is 24.6. The lowest BCUT2D eigenvalue weighted by atomic mass is 9.99. The summed E-state index contributed by atoms with van der Waals surface area (Å²) < 4.78 is 14.0. The second-order valence-electron chi connectivity index (χ2n) is 8.99. The molecule has 0 bridgehead atoms. The van der Waals surface area contributed by atoms with Crippen LogP contribution in [0.1, 0.15) is 72.1 Å². The molecule has 1 atom stereocenters. The van der Waals surface area contributed by atoms with Crippen molar-refractivity contribution in [3.05, 3.63) is 99.4 Å². The molecule has 0 heterocycles. The van der Waals surface area contributed by atoms with Gasteiger partial charge in [0.1, 0.15) is 5.69 Å². The maximum Gasteiger partial charge on any atom is 0.150 e. The highest BCUT2D eigenvalue weighted by Gasteiger charge is 2.20.